The second kappa shape index (κ2) is 4.67. The number of nitrogens with one attached hydrogen (secondary N) is 1. The van der Waals surface area contributed by atoms with E-state index < -0.39 is 5.82 Å². The van der Waals surface area contributed by atoms with E-state index in [2.05, 4.69) is 10.2 Å². The minimum atomic E-state index is -0.399. The zero-order chi connectivity index (χ0) is 12.4. The maximum atomic E-state index is 13.3. The molecule has 1 aromatic carbocycles. The maximum Gasteiger partial charge on any atom is 0.199 e. The predicted molar refractivity (Wildman–Crippen MR) is 64.6 cm³/mol. The monoisotopic (exact) mass is 253 g/mol. The molecule has 0 spiro atoms. The Labute approximate surface area is 103 Å². The lowest BCUT2D eigenvalue weighted by Gasteiger charge is -2.08. The van der Waals surface area contributed by atoms with E-state index in [1.54, 1.807) is 16.7 Å². The summed E-state index contributed by atoms with van der Waals surface area (Å²) in [4.78, 5) is 0. The molecule has 1 aromatic heterocycles. The number of hydrogen-bond donors (Lipinski definition) is 1. The summed E-state index contributed by atoms with van der Waals surface area (Å²) in [7, 11) is 1.43. The van der Waals surface area contributed by atoms with Gasteiger partial charge in [0.1, 0.15) is 5.82 Å². The van der Waals surface area contributed by atoms with Gasteiger partial charge in [-0.05, 0) is 24.4 Å². The highest BCUT2D eigenvalue weighted by Crippen LogP contribution is 2.21. The second-order valence-corrected chi connectivity index (χ2v) is 3.84. The summed E-state index contributed by atoms with van der Waals surface area (Å²) in [6.45, 7) is 1.97. The average molecular weight is 253 g/mol. The van der Waals surface area contributed by atoms with Gasteiger partial charge in [-0.2, -0.15) is 5.10 Å². The molecule has 6 heteroatoms. The molecule has 0 bridgehead atoms. The molecular weight excluding hydrogens is 241 g/mol. The number of hydrogen-bond acceptors (Lipinski definition) is 3. The zero-order valence-electron chi connectivity index (χ0n) is 9.53. The Bertz CT molecular complexity index is 591. The van der Waals surface area contributed by atoms with Crippen LogP contribution in [0.5, 0.6) is 5.75 Å². The van der Waals surface area contributed by atoms with Crippen molar-refractivity contribution < 1.29 is 9.13 Å². The van der Waals surface area contributed by atoms with Gasteiger partial charge in [-0.3, -0.25) is 9.67 Å². The summed E-state index contributed by atoms with van der Waals surface area (Å²) >= 11 is 5.14. The van der Waals surface area contributed by atoms with Crippen LogP contribution >= 0.6 is 12.2 Å². The van der Waals surface area contributed by atoms with Gasteiger partial charge >= 0.3 is 0 Å². The van der Waals surface area contributed by atoms with E-state index in [9.17, 15) is 4.39 Å². The number of ether oxygens (including phenoxy) is 1. The van der Waals surface area contributed by atoms with Crippen LogP contribution in [0.25, 0.3) is 5.69 Å². The number of aromatic amines is 1. The standard InChI is InChI=1S/C11H12FN3OS/c1-3-10-13-14-11(17)15(10)7-4-5-8(12)9(6-7)16-2/h4-6H,3H2,1-2H3,(H,14,17). The summed E-state index contributed by atoms with van der Waals surface area (Å²) in [6, 6.07) is 4.59. The summed E-state index contributed by atoms with van der Waals surface area (Å²) in [5.74, 6) is 0.584. The predicted octanol–water partition coefficient (Wildman–Crippen LogP) is 2.64. The number of nitrogens with zero attached hydrogens (tertiary/aromatic N) is 2. The van der Waals surface area contributed by atoms with Crippen molar-refractivity contribution in [2.45, 2.75) is 13.3 Å². The van der Waals surface area contributed by atoms with Gasteiger partial charge in [0, 0.05) is 12.5 Å². The van der Waals surface area contributed by atoms with E-state index in [4.69, 9.17) is 17.0 Å². The van der Waals surface area contributed by atoms with Gasteiger partial charge in [0.15, 0.2) is 16.3 Å². The normalized spacial score (nSPS) is 10.5. The van der Waals surface area contributed by atoms with Gasteiger partial charge in [0.2, 0.25) is 0 Å². The quantitative estimate of drug-likeness (QED) is 0.855. The second-order valence-electron chi connectivity index (χ2n) is 3.45. The van der Waals surface area contributed by atoms with E-state index in [0.29, 0.717) is 4.77 Å². The van der Waals surface area contributed by atoms with Crippen LogP contribution in [-0.2, 0) is 6.42 Å². The SMILES string of the molecule is CCc1n[nH]c(=S)n1-c1ccc(F)c(OC)c1. The molecule has 0 saturated carbocycles. The van der Waals surface area contributed by atoms with Crippen LogP contribution in [0.2, 0.25) is 0 Å². The minimum Gasteiger partial charge on any atom is -0.494 e. The van der Waals surface area contributed by atoms with Crippen LogP contribution in [0.15, 0.2) is 18.2 Å². The highest BCUT2D eigenvalue weighted by atomic mass is 32.1. The van der Waals surface area contributed by atoms with Crippen molar-refractivity contribution in [1.29, 1.82) is 0 Å². The minimum absolute atomic E-state index is 0.188. The number of rotatable bonds is 3. The van der Waals surface area contributed by atoms with Crippen LogP contribution in [0, 0.1) is 10.6 Å². The topological polar surface area (TPSA) is 42.8 Å². The summed E-state index contributed by atoms with van der Waals surface area (Å²) in [6.07, 6.45) is 0.729. The van der Waals surface area contributed by atoms with E-state index in [-0.39, 0.29) is 5.75 Å². The van der Waals surface area contributed by atoms with Gasteiger partial charge in [-0.1, -0.05) is 6.92 Å². The Balaban J connectivity index is 2.60. The lowest BCUT2D eigenvalue weighted by Crippen LogP contribution is -2.01. The first-order valence-electron chi connectivity index (χ1n) is 5.17. The summed E-state index contributed by atoms with van der Waals surface area (Å²) < 4.78 is 20.5. The fraction of sp³-hybridized carbons (Fsp3) is 0.273. The smallest absolute Gasteiger partial charge is 0.199 e. The van der Waals surface area contributed by atoms with Crippen molar-refractivity contribution in [1.82, 2.24) is 14.8 Å². The van der Waals surface area contributed by atoms with Crippen LogP contribution in [0.4, 0.5) is 4.39 Å². The molecule has 17 heavy (non-hydrogen) atoms. The third-order valence-corrected chi connectivity index (χ3v) is 2.72. The van der Waals surface area contributed by atoms with Gasteiger partial charge in [-0.15, -0.1) is 0 Å². The number of methoxy groups -OCH3 is 1. The van der Waals surface area contributed by atoms with E-state index in [1.807, 2.05) is 6.92 Å². The maximum absolute atomic E-state index is 13.3. The van der Waals surface area contributed by atoms with E-state index in [1.165, 1.54) is 13.2 Å². The van der Waals surface area contributed by atoms with E-state index >= 15 is 0 Å². The first-order valence-corrected chi connectivity index (χ1v) is 5.58. The average Bonchev–Trinajstić information content (AvgIpc) is 2.71. The summed E-state index contributed by atoms with van der Waals surface area (Å²) in [5.41, 5.74) is 0.735. The molecule has 4 nitrogen and oxygen atoms in total. The van der Waals surface area contributed by atoms with Crippen molar-refractivity contribution in [2.24, 2.45) is 0 Å². The Morgan fingerprint density at radius 3 is 2.94 bits per heavy atom. The van der Waals surface area contributed by atoms with Crippen molar-refractivity contribution >= 4 is 12.2 Å². The molecule has 0 atom stereocenters. The lowest BCUT2D eigenvalue weighted by atomic mass is 10.2. The van der Waals surface area contributed by atoms with Gasteiger partial charge < -0.3 is 4.74 Å². The molecule has 0 unspecified atom stereocenters. The van der Waals surface area contributed by atoms with Crippen LogP contribution < -0.4 is 4.74 Å². The van der Waals surface area contributed by atoms with Crippen molar-refractivity contribution in [3.05, 3.63) is 34.6 Å². The fourth-order valence-corrected chi connectivity index (χ4v) is 1.88. The van der Waals surface area contributed by atoms with Crippen molar-refractivity contribution in [2.75, 3.05) is 7.11 Å². The Morgan fingerprint density at radius 1 is 1.53 bits per heavy atom. The number of aryl methyl sites for hydroxylation is 1. The third-order valence-electron chi connectivity index (χ3n) is 2.45. The molecule has 0 aliphatic rings. The molecule has 0 aliphatic carbocycles. The molecule has 2 aromatic rings. The van der Waals surface area contributed by atoms with Gasteiger partial charge in [0.05, 0.1) is 12.8 Å². The molecule has 1 heterocycles. The van der Waals surface area contributed by atoms with Crippen molar-refractivity contribution in [3.63, 3.8) is 0 Å². The Morgan fingerprint density at radius 2 is 2.29 bits per heavy atom. The molecule has 0 fully saturated rings. The molecule has 0 saturated heterocycles. The molecule has 90 valence electrons. The number of H-pyrrole nitrogens is 1. The molecule has 2 rings (SSSR count). The number of halogens is 1. The van der Waals surface area contributed by atoms with E-state index in [0.717, 1.165) is 17.9 Å². The first-order chi connectivity index (χ1) is 8.17. The van der Waals surface area contributed by atoms with Gasteiger partial charge in [-0.25, -0.2) is 4.39 Å². The van der Waals surface area contributed by atoms with Crippen LogP contribution in [0.3, 0.4) is 0 Å². The molecule has 0 radical (unpaired) electrons. The molecule has 0 amide bonds. The lowest BCUT2D eigenvalue weighted by molar-refractivity contribution is 0.386. The first kappa shape index (κ1) is 11.8. The largest absolute Gasteiger partial charge is 0.494 e. The highest BCUT2D eigenvalue weighted by Gasteiger charge is 2.09. The summed E-state index contributed by atoms with van der Waals surface area (Å²) in [5, 5.41) is 6.82. The van der Waals surface area contributed by atoms with Crippen LogP contribution in [0.1, 0.15) is 12.7 Å². The fourth-order valence-electron chi connectivity index (χ4n) is 1.62. The third kappa shape index (κ3) is 2.08. The number of aromatic nitrogens is 3. The Hall–Kier alpha value is -1.69. The zero-order valence-corrected chi connectivity index (χ0v) is 10.3. The molecule has 0 aliphatic heterocycles. The van der Waals surface area contributed by atoms with Crippen LogP contribution in [-0.4, -0.2) is 21.9 Å². The number of benzene rings is 1. The molecule has 1 N–H and O–H groups in total. The van der Waals surface area contributed by atoms with Gasteiger partial charge in [0.25, 0.3) is 0 Å². The molecular formula is C11H12FN3OS. The highest BCUT2D eigenvalue weighted by molar-refractivity contribution is 7.71. The van der Waals surface area contributed by atoms with Crippen molar-refractivity contribution in [3.8, 4) is 11.4 Å². The Kier molecular flexibility index (Phi) is 3.23.